The summed E-state index contributed by atoms with van der Waals surface area (Å²) in [5.74, 6) is -0.134. The molecule has 7 nitrogen and oxygen atoms in total. The van der Waals surface area contributed by atoms with E-state index in [1.54, 1.807) is 29.2 Å². The fourth-order valence-electron chi connectivity index (χ4n) is 2.92. The Morgan fingerprint density at radius 3 is 2.71 bits per heavy atom. The van der Waals surface area contributed by atoms with Crippen LogP contribution >= 0.6 is 11.6 Å². The van der Waals surface area contributed by atoms with Crippen molar-refractivity contribution in [1.82, 2.24) is 19.7 Å². The molecule has 0 saturated heterocycles. The summed E-state index contributed by atoms with van der Waals surface area (Å²) >= 11 is 6.11. The van der Waals surface area contributed by atoms with Gasteiger partial charge in [0.05, 0.1) is 17.9 Å². The van der Waals surface area contributed by atoms with Crippen LogP contribution in [0.15, 0.2) is 61.2 Å². The van der Waals surface area contributed by atoms with Crippen molar-refractivity contribution in [2.45, 2.75) is 6.42 Å². The minimum atomic E-state index is -0.134. The molecule has 0 aliphatic rings. The fraction of sp³-hybridized carbons (Fsp3) is 0.250. The van der Waals surface area contributed by atoms with Gasteiger partial charge in [0.25, 0.3) is 0 Å². The van der Waals surface area contributed by atoms with Crippen molar-refractivity contribution in [3.05, 3.63) is 71.8 Å². The molecule has 2 aromatic carbocycles. The third-order valence-electron chi connectivity index (χ3n) is 4.27. The minimum absolute atomic E-state index is 0.134. The molecule has 0 radical (unpaired) electrons. The van der Waals surface area contributed by atoms with Crippen molar-refractivity contribution in [3.63, 3.8) is 0 Å². The molecule has 8 heteroatoms. The van der Waals surface area contributed by atoms with Crippen LogP contribution in [0.2, 0.25) is 5.02 Å². The van der Waals surface area contributed by atoms with Gasteiger partial charge in [-0.1, -0.05) is 41.9 Å². The molecular formula is C20H23ClN6O. The number of anilines is 1. The maximum absolute atomic E-state index is 12.7. The first kappa shape index (κ1) is 20.0. The van der Waals surface area contributed by atoms with Crippen molar-refractivity contribution in [1.29, 1.82) is 0 Å². The Hall–Kier alpha value is -2.74. The molecule has 0 aliphatic carbocycles. The number of nitrogens with zero attached hydrogens (tertiary/aromatic N) is 4. The Morgan fingerprint density at radius 1 is 1.18 bits per heavy atom. The number of aromatic nitrogens is 3. The van der Waals surface area contributed by atoms with E-state index in [0.29, 0.717) is 29.5 Å². The zero-order valence-corrected chi connectivity index (χ0v) is 16.2. The van der Waals surface area contributed by atoms with Gasteiger partial charge in [0.1, 0.15) is 12.7 Å². The standard InChI is InChI=1S/C20H23ClN6O/c21-17-6-7-19(27-15-23-14-24-27)18(12-17)25-20(28)13-26(11-9-22)10-8-16-4-2-1-3-5-16/h1-7,12,14-15H,8-11,13,22H2,(H,25,28). The second-order valence-electron chi connectivity index (χ2n) is 6.35. The van der Waals surface area contributed by atoms with Crippen molar-refractivity contribution in [2.75, 3.05) is 31.5 Å². The molecule has 3 rings (SSSR count). The highest BCUT2D eigenvalue weighted by molar-refractivity contribution is 6.31. The monoisotopic (exact) mass is 398 g/mol. The van der Waals surface area contributed by atoms with E-state index >= 15 is 0 Å². The average molecular weight is 399 g/mol. The number of benzene rings is 2. The van der Waals surface area contributed by atoms with Crippen LogP contribution in [0.4, 0.5) is 5.69 Å². The maximum atomic E-state index is 12.7. The highest BCUT2D eigenvalue weighted by atomic mass is 35.5. The Labute approximate surface area is 169 Å². The van der Waals surface area contributed by atoms with Crippen LogP contribution in [0, 0.1) is 0 Å². The summed E-state index contributed by atoms with van der Waals surface area (Å²) in [6.45, 7) is 2.13. The van der Waals surface area contributed by atoms with Gasteiger partial charge in [-0.2, -0.15) is 5.10 Å². The number of rotatable bonds is 9. The van der Waals surface area contributed by atoms with E-state index < -0.39 is 0 Å². The van der Waals surface area contributed by atoms with Gasteiger partial charge in [-0.15, -0.1) is 0 Å². The molecule has 3 aromatic rings. The summed E-state index contributed by atoms with van der Waals surface area (Å²) in [4.78, 5) is 18.7. The first-order valence-corrected chi connectivity index (χ1v) is 9.44. The van der Waals surface area contributed by atoms with Crippen molar-refractivity contribution in [2.24, 2.45) is 5.73 Å². The Morgan fingerprint density at radius 2 is 2.00 bits per heavy atom. The smallest absolute Gasteiger partial charge is 0.238 e. The van der Waals surface area contributed by atoms with Gasteiger partial charge >= 0.3 is 0 Å². The molecule has 1 amide bonds. The lowest BCUT2D eigenvalue weighted by molar-refractivity contribution is -0.117. The van der Waals surface area contributed by atoms with E-state index in [1.807, 2.05) is 23.1 Å². The second-order valence-corrected chi connectivity index (χ2v) is 6.79. The molecule has 0 saturated carbocycles. The van der Waals surface area contributed by atoms with Crippen LogP contribution in [0.3, 0.4) is 0 Å². The topological polar surface area (TPSA) is 89.1 Å². The number of hydrogen-bond donors (Lipinski definition) is 2. The van der Waals surface area contributed by atoms with Crippen LogP contribution in [-0.2, 0) is 11.2 Å². The Bertz CT molecular complexity index is 885. The lowest BCUT2D eigenvalue weighted by atomic mass is 10.1. The van der Waals surface area contributed by atoms with E-state index in [9.17, 15) is 4.79 Å². The van der Waals surface area contributed by atoms with E-state index in [2.05, 4.69) is 27.5 Å². The number of hydrogen-bond acceptors (Lipinski definition) is 5. The van der Waals surface area contributed by atoms with Gasteiger partial charge in [-0.05, 0) is 30.2 Å². The van der Waals surface area contributed by atoms with Gasteiger partial charge in [0.15, 0.2) is 0 Å². The number of amides is 1. The molecule has 0 bridgehead atoms. The number of halogens is 1. The highest BCUT2D eigenvalue weighted by Crippen LogP contribution is 2.23. The van der Waals surface area contributed by atoms with E-state index in [-0.39, 0.29) is 12.5 Å². The summed E-state index contributed by atoms with van der Waals surface area (Å²) in [6.07, 6.45) is 3.86. The molecule has 0 spiro atoms. The molecular weight excluding hydrogens is 376 g/mol. The average Bonchev–Trinajstić information content (AvgIpc) is 3.22. The van der Waals surface area contributed by atoms with Gasteiger partial charge < -0.3 is 11.1 Å². The first-order chi connectivity index (χ1) is 13.7. The third kappa shape index (κ3) is 5.63. The summed E-state index contributed by atoms with van der Waals surface area (Å²) in [5.41, 5.74) is 8.24. The number of nitrogens with one attached hydrogen (secondary N) is 1. The first-order valence-electron chi connectivity index (χ1n) is 9.06. The summed E-state index contributed by atoms with van der Waals surface area (Å²) in [6, 6.07) is 15.4. The molecule has 0 fully saturated rings. The Kier molecular flexibility index (Phi) is 7.13. The highest BCUT2D eigenvalue weighted by Gasteiger charge is 2.14. The van der Waals surface area contributed by atoms with Crippen LogP contribution in [-0.4, -0.2) is 51.8 Å². The van der Waals surface area contributed by atoms with Gasteiger partial charge in [-0.3, -0.25) is 9.69 Å². The van der Waals surface area contributed by atoms with E-state index in [4.69, 9.17) is 17.3 Å². The van der Waals surface area contributed by atoms with Crippen LogP contribution in [0.25, 0.3) is 5.69 Å². The minimum Gasteiger partial charge on any atom is -0.329 e. The summed E-state index contributed by atoms with van der Waals surface area (Å²) in [7, 11) is 0. The van der Waals surface area contributed by atoms with Crippen LogP contribution < -0.4 is 11.1 Å². The quantitative estimate of drug-likeness (QED) is 0.577. The molecule has 3 N–H and O–H groups in total. The largest absolute Gasteiger partial charge is 0.329 e. The lowest BCUT2D eigenvalue weighted by Gasteiger charge is -2.21. The van der Waals surface area contributed by atoms with Gasteiger partial charge in [-0.25, -0.2) is 9.67 Å². The summed E-state index contributed by atoms with van der Waals surface area (Å²) in [5, 5.41) is 7.58. The van der Waals surface area contributed by atoms with Gasteiger partial charge in [0, 0.05) is 24.7 Å². The normalized spacial score (nSPS) is 11.0. The molecule has 0 unspecified atom stereocenters. The molecule has 0 atom stereocenters. The predicted octanol–water partition coefficient (Wildman–Crippen LogP) is 2.36. The predicted molar refractivity (Wildman–Crippen MR) is 111 cm³/mol. The molecule has 1 aromatic heterocycles. The van der Waals surface area contributed by atoms with Gasteiger partial charge in [0.2, 0.25) is 5.91 Å². The zero-order valence-electron chi connectivity index (χ0n) is 15.5. The van der Waals surface area contributed by atoms with E-state index in [1.165, 1.54) is 11.9 Å². The second kappa shape index (κ2) is 9.98. The van der Waals surface area contributed by atoms with Crippen LogP contribution in [0.5, 0.6) is 0 Å². The lowest BCUT2D eigenvalue weighted by Crippen LogP contribution is -2.38. The number of nitrogens with two attached hydrogens (primary N) is 1. The zero-order chi connectivity index (χ0) is 19.8. The van der Waals surface area contributed by atoms with E-state index in [0.717, 1.165) is 13.0 Å². The molecule has 28 heavy (non-hydrogen) atoms. The number of carbonyl (C=O) groups is 1. The maximum Gasteiger partial charge on any atom is 0.238 e. The summed E-state index contributed by atoms with van der Waals surface area (Å²) < 4.78 is 1.58. The third-order valence-corrected chi connectivity index (χ3v) is 4.51. The molecule has 1 heterocycles. The number of carbonyl (C=O) groups excluding carboxylic acids is 1. The fourth-order valence-corrected chi connectivity index (χ4v) is 3.09. The van der Waals surface area contributed by atoms with Crippen LogP contribution in [0.1, 0.15) is 5.56 Å². The SMILES string of the molecule is NCCN(CCc1ccccc1)CC(=O)Nc1cc(Cl)ccc1-n1cncn1. The van der Waals surface area contributed by atoms with Crippen molar-refractivity contribution >= 4 is 23.2 Å². The molecule has 146 valence electrons. The van der Waals surface area contributed by atoms with Crippen molar-refractivity contribution < 1.29 is 4.79 Å². The van der Waals surface area contributed by atoms with Crippen molar-refractivity contribution in [3.8, 4) is 5.69 Å². The Balaban J connectivity index is 1.65. The molecule has 0 aliphatic heterocycles.